The summed E-state index contributed by atoms with van der Waals surface area (Å²) in [5, 5.41) is 18.9. The first-order valence-corrected chi connectivity index (χ1v) is 8.42. The van der Waals surface area contributed by atoms with Crippen LogP contribution in [-0.2, 0) is 4.79 Å². The molecule has 2 aromatic rings. The van der Waals surface area contributed by atoms with E-state index in [1.165, 1.54) is 17.5 Å². The SMILES string of the molecule is CN(CCC(=O)Nc1cccc(-n2nnnc2S)c1)N1CCCC1. The molecule has 128 valence electrons. The molecule has 1 fully saturated rings. The average molecular weight is 347 g/mol. The van der Waals surface area contributed by atoms with E-state index in [0.29, 0.717) is 23.8 Å². The summed E-state index contributed by atoms with van der Waals surface area (Å²) in [4.78, 5) is 12.2. The van der Waals surface area contributed by atoms with Crippen molar-refractivity contribution >= 4 is 24.2 Å². The van der Waals surface area contributed by atoms with Gasteiger partial charge in [-0.05, 0) is 41.5 Å². The fraction of sp³-hybridized carbons (Fsp3) is 0.467. The maximum atomic E-state index is 12.2. The van der Waals surface area contributed by atoms with Gasteiger partial charge in [-0.2, -0.15) is 4.68 Å². The first-order valence-electron chi connectivity index (χ1n) is 7.97. The standard InChI is InChI=1S/C15H21N7OS/c1-20(21-8-2-3-9-21)10-7-14(23)16-12-5-4-6-13(11-12)22-15(24)17-18-19-22/h4-6,11H,2-3,7-10H2,1H3,(H,16,23)(H,17,19,24). The van der Waals surface area contributed by atoms with Crippen LogP contribution in [0.3, 0.4) is 0 Å². The molecule has 9 heteroatoms. The van der Waals surface area contributed by atoms with Crippen LogP contribution in [0.15, 0.2) is 29.4 Å². The highest BCUT2D eigenvalue weighted by Crippen LogP contribution is 2.16. The Morgan fingerprint density at radius 1 is 1.38 bits per heavy atom. The summed E-state index contributed by atoms with van der Waals surface area (Å²) in [5.41, 5.74) is 1.46. The molecule has 0 unspecified atom stereocenters. The minimum Gasteiger partial charge on any atom is -0.326 e. The van der Waals surface area contributed by atoms with Crippen molar-refractivity contribution in [2.45, 2.75) is 24.4 Å². The van der Waals surface area contributed by atoms with Crippen LogP contribution in [0, 0.1) is 0 Å². The third-order valence-corrected chi connectivity index (χ3v) is 4.33. The Hall–Kier alpha value is -1.97. The number of rotatable bonds is 6. The van der Waals surface area contributed by atoms with Crippen molar-refractivity contribution < 1.29 is 4.79 Å². The zero-order chi connectivity index (χ0) is 16.9. The Balaban J connectivity index is 1.55. The second-order valence-corrected chi connectivity index (χ2v) is 6.18. The Morgan fingerprint density at radius 2 is 2.17 bits per heavy atom. The quantitative estimate of drug-likeness (QED) is 0.765. The molecule has 1 aliphatic rings. The highest BCUT2D eigenvalue weighted by molar-refractivity contribution is 7.80. The zero-order valence-electron chi connectivity index (χ0n) is 13.6. The Bertz CT molecular complexity index is 699. The molecule has 0 atom stereocenters. The normalized spacial score (nSPS) is 15.1. The van der Waals surface area contributed by atoms with E-state index in [4.69, 9.17) is 0 Å². The van der Waals surface area contributed by atoms with Gasteiger partial charge in [0.15, 0.2) is 0 Å². The largest absolute Gasteiger partial charge is 0.326 e. The van der Waals surface area contributed by atoms with Crippen molar-refractivity contribution in [3.8, 4) is 5.69 Å². The predicted octanol–water partition coefficient (Wildman–Crippen LogP) is 1.22. The zero-order valence-corrected chi connectivity index (χ0v) is 14.5. The number of anilines is 1. The van der Waals surface area contributed by atoms with E-state index >= 15 is 0 Å². The van der Waals surface area contributed by atoms with Crippen LogP contribution in [0.25, 0.3) is 5.69 Å². The number of hydrogen-bond donors (Lipinski definition) is 2. The van der Waals surface area contributed by atoms with Crippen LogP contribution in [0.2, 0.25) is 0 Å². The second kappa shape index (κ2) is 7.73. The van der Waals surface area contributed by atoms with E-state index in [0.717, 1.165) is 18.8 Å². The van der Waals surface area contributed by atoms with E-state index in [9.17, 15) is 4.79 Å². The van der Waals surface area contributed by atoms with Gasteiger partial charge in [-0.15, -0.1) is 17.7 Å². The van der Waals surface area contributed by atoms with Crippen molar-refractivity contribution in [2.24, 2.45) is 0 Å². The molecule has 3 rings (SSSR count). The van der Waals surface area contributed by atoms with Crippen LogP contribution >= 0.6 is 12.6 Å². The first kappa shape index (κ1) is 16.9. The second-order valence-electron chi connectivity index (χ2n) is 5.78. The van der Waals surface area contributed by atoms with Gasteiger partial charge in [-0.3, -0.25) is 4.79 Å². The van der Waals surface area contributed by atoms with Gasteiger partial charge in [0.2, 0.25) is 11.1 Å². The number of carbonyl (C=O) groups excluding carboxylic acids is 1. The van der Waals surface area contributed by atoms with Crippen molar-refractivity contribution in [3.05, 3.63) is 24.3 Å². The lowest BCUT2D eigenvalue weighted by atomic mass is 10.2. The van der Waals surface area contributed by atoms with Gasteiger partial charge in [0.25, 0.3) is 0 Å². The van der Waals surface area contributed by atoms with Gasteiger partial charge in [0.05, 0.1) is 5.69 Å². The summed E-state index contributed by atoms with van der Waals surface area (Å²) in [6.07, 6.45) is 2.90. The van der Waals surface area contributed by atoms with Crippen molar-refractivity contribution in [3.63, 3.8) is 0 Å². The minimum atomic E-state index is -0.0130. The molecule has 8 nitrogen and oxygen atoms in total. The highest BCUT2D eigenvalue weighted by Gasteiger charge is 2.16. The molecule has 1 amide bonds. The van der Waals surface area contributed by atoms with Crippen molar-refractivity contribution in [1.29, 1.82) is 0 Å². The molecule has 24 heavy (non-hydrogen) atoms. The van der Waals surface area contributed by atoms with Gasteiger partial charge < -0.3 is 5.32 Å². The van der Waals surface area contributed by atoms with E-state index < -0.39 is 0 Å². The summed E-state index contributed by atoms with van der Waals surface area (Å²) < 4.78 is 1.50. The molecule has 0 bridgehead atoms. The number of hydrazine groups is 1. The van der Waals surface area contributed by atoms with Crippen LogP contribution in [0.5, 0.6) is 0 Å². The molecule has 0 saturated carbocycles. The monoisotopic (exact) mass is 347 g/mol. The molecule has 0 aliphatic carbocycles. The van der Waals surface area contributed by atoms with E-state index in [1.807, 2.05) is 31.3 Å². The van der Waals surface area contributed by atoms with Gasteiger partial charge in [0.1, 0.15) is 0 Å². The Labute approximate surface area is 146 Å². The average Bonchev–Trinajstić information content (AvgIpc) is 3.24. The lowest BCUT2D eigenvalue weighted by Crippen LogP contribution is -2.39. The number of benzene rings is 1. The predicted molar refractivity (Wildman–Crippen MR) is 93.1 cm³/mol. The number of carbonyl (C=O) groups is 1. The van der Waals surface area contributed by atoms with Gasteiger partial charge in [0, 0.05) is 38.8 Å². The van der Waals surface area contributed by atoms with Gasteiger partial charge in [-0.1, -0.05) is 6.07 Å². The molecule has 1 aromatic carbocycles. The fourth-order valence-corrected chi connectivity index (χ4v) is 2.93. The molecule has 2 heterocycles. The lowest BCUT2D eigenvalue weighted by molar-refractivity contribution is -0.117. The van der Waals surface area contributed by atoms with E-state index in [1.54, 1.807) is 0 Å². The maximum Gasteiger partial charge on any atom is 0.225 e. The summed E-state index contributed by atoms with van der Waals surface area (Å²) in [6, 6.07) is 7.36. The number of amides is 1. The molecule has 0 spiro atoms. The molecular weight excluding hydrogens is 326 g/mol. The summed E-state index contributed by atoms with van der Waals surface area (Å²) in [7, 11) is 2.03. The molecule has 1 aromatic heterocycles. The summed E-state index contributed by atoms with van der Waals surface area (Å²) in [6.45, 7) is 2.87. The number of hydrogen-bond acceptors (Lipinski definition) is 7. The van der Waals surface area contributed by atoms with E-state index in [-0.39, 0.29) is 5.91 Å². The Morgan fingerprint density at radius 3 is 2.88 bits per heavy atom. The van der Waals surface area contributed by atoms with Crippen molar-refractivity contribution in [1.82, 2.24) is 30.2 Å². The first-order chi connectivity index (χ1) is 11.6. The number of nitrogens with zero attached hydrogens (tertiary/aromatic N) is 6. The van der Waals surface area contributed by atoms with Crippen LogP contribution in [0.4, 0.5) is 5.69 Å². The van der Waals surface area contributed by atoms with Crippen LogP contribution < -0.4 is 5.32 Å². The number of tetrazole rings is 1. The number of aromatic nitrogens is 4. The molecule has 1 aliphatic heterocycles. The highest BCUT2D eigenvalue weighted by atomic mass is 32.1. The third kappa shape index (κ3) is 4.11. The topological polar surface area (TPSA) is 79.2 Å². The Kier molecular flexibility index (Phi) is 5.44. The van der Waals surface area contributed by atoms with Gasteiger partial charge >= 0.3 is 0 Å². The minimum absolute atomic E-state index is 0.0130. The maximum absolute atomic E-state index is 12.2. The van der Waals surface area contributed by atoms with E-state index in [2.05, 4.69) is 43.5 Å². The molecule has 0 radical (unpaired) electrons. The van der Waals surface area contributed by atoms with Crippen LogP contribution in [-0.4, -0.2) is 62.8 Å². The number of thiol groups is 1. The number of nitrogens with one attached hydrogen (secondary N) is 1. The molecule has 1 saturated heterocycles. The molecule has 1 N–H and O–H groups in total. The lowest BCUT2D eigenvalue weighted by Gasteiger charge is -2.27. The fourth-order valence-electron chi connectivity index (χ4n) is 2.73. The van der Waals surface area contributed by atoms with Crippen molar-refractivity contribution in [2.75, 3.05) is 32.0 Å². The van der Waals surface area contributed by atoms with Crippen LogP contribution in [0.1, 0.15) is 19.3 Å². The third-order valence-electron chi connectivity index (χ3n) is 4.06. The molecular formula is C15H21N7OS. The van der Waals surface area contributed by atoms with Gasteiger partial charge in [-0.25, -0.2) is 10.0 Å². The summed E-state index contributed by atoms with van der Waals surface area (Å²) >= 11 is 4.19. The summed E-state index contributed by atoms with van der Waals surface area (Å²) in [5.74, 6) is -0.0130. The smallest absolute Gasteiger partial charge is 0.225 e.